The van der Waals surface area contributed by atoms with E-state index in [-0.39, 0.29) is 10.8 Å². The summed E-state index contributed by atoms with van der Waals surface area (Å²) in [7, 11) is -2.05. The molecular weight excluding hydrogens is 352 g/mol. The summed E-state index contributed by atoms with van der Waals surface area (Å²) in [5, 5.41) is 0. The molecule has 6 nitrogen and oxygen atoms in total. The molecule has 0 bridgehead atoms. The molecule has 1 amide bonds. The summed E-state index contributed by atoms with van der Waals surface area (Å²) < 4.78 is 33.2. The Balaban J connectivity index is 2.30. The predicted octanol–water partition coefficient (Wildman–Crippen LogP) is 3.25. The van der Waals surface area contributed by atoms with E-state index in [0.29, 0.717) is 23.4 Å². The summed E-state index contributed by atoms with van der Waals surface area (Å²) in [4.78, 5) is 14.4. The molecule has 26 heavy (non-hydrogen) atoms. The minimum absolute atomic E-state index is 0.0728. The van der Waals surface area contributed by atoms with Crippen LogP contribution in [0.5, 0.6) is 0 Å². The van der Waals surface area contributed by atoms with Crippen molar-refractivity contribution < 1.29 is 17.6 Å². The summed E-state index contributed by atoms with van der Waals surface area (Å²) in [5.74, 6) is 1.19. The van der Waals surface area contributed by atoms with Crippen molar-refractivity contribution in [2.75, 3.05) is 7.05 Å². The van der Waals surface area contributed by atoms with Gasteiger partial charge >= 0.3 is 0 Å². The average molecular weight is 378 g/mol. The number of benzene rings is 1. The van der Waals surface area contributed by atoms with Crippen LogP contribution in [0.4, 0.5) is 0 Å². The summed E-state index contributed by atoms with van der Waals surface area (Å²) in [6, 6.07) is 8.24. The van der Waals surface area contributed by atoms with Crippen LogP contribution in [-0.4, -0.2) is 31.8 Å². The molecule has 142 valence electrons. The molecule has 0 fully saturated rings. The second kappa shape index (κ2) is 7.25. The van der Waals surface area contributed by atoms with E-state index in [9.17, 15) is 13.2 Å². The van der Waals surface area contributed by atoms with Crippen molar-refractivity contribution in [2.45, 2.75) is 51.6 Å². The summed E-state index contributed by atoms with van der Waals surface area (Å²) in [6.45, 7) is 9.23. The Kier molecular flexibility index (Phi) is 5.63. The SMILES string of the molecule is Cc1ccc(CN(C)C(=O)c2cc(S(=O)(=O)NC(C)(C)C)ccc2C)o1. The lowest BCUT2D eigenvalue weighted by Crippen LogP contribution is -2.40. The predicted molar refractivity (Wildman–Crippen MR) is 100 cm³/mol. The number of carbonyl (C=O) groups excluding carboxylic acids is 1. The number of hydrogen-bond acceptors (Lipinski definition) is 4. The molecule has 1 N–H and O–H groups in total. The van der Waals surface area contributed by atoms with Crippen molar-refractivity contribution in [3.05, 3.63) is 53.0 Å². The summed E-state index contributed by atoms with van der Waals surface area (Å²) in [6.07, 6.45) is 0. The zero-order valence-electron chi connectivity index (χ0n) is 16.1. The molecule has 1 heterocycles. The standard InChI is InChI=1S/C19H26N2O4S/c1-13-7-10-16(26(23,24)20-19(3,4)5)11-17(13)18(22)21(6)12-15-9-8-14(2)25-15/h7-11,20H,12H2,1-6H3. The number of hydrogen-bond donors (Lipinski definition) is 1. The number of sulfonamides is 1. The second-order valence-electron chi connectivity index (χ2n) is 7.51. The van der Waals surface area contributed by atoms with Crippen molar-refractivity contribution in [3.63, 3.8) is 0 Å². The smallest absolute Gasteiger partial charge is 0.254 e. The highest BCUT2D eigenvalue weighted by atomic mass is 32.2. The average Bonchev–Trinajstić information content (AvgIpc) is 2.89. The van der Waals surface area contributed by atoms with E-state index in [4.69, 9.17) is 4.42 Å². The van der Waals surface area contributed by atoms with E-state index in [2.05, 4.69) is 4.72 Å². The molecule has 0 unspecified atom stereocenters. The maximum atomic E-state index is 12.8. The van der Waals surface area contributed by atoms with Gasteiger partial charge in [0.15, 0.2) is 0 Å². The quantitative estimate of drug-likeness (QED) is 0.866. The number of nitrogens with one attached hydrogen (secondary N) is 1. The van der Waals surface area contributed by atoms with Gasteiger partial charge in [-0.15, -0.1) is 0 Å². The fraction of sp³-hybridized carbons (Fsp3) is 0.421. The Morgan fingerprint density at radius 2 is 1.81 bits per heavy atom. The fourth-order valence-corrected chi connectivity index (χ4v) is 3.99. The number of amides is 1. The largest absolute Gasteiger partial charge is 0.464 e. The van der Waals surface area contributed by atoms with Crippen LogP contribution in [0.2, 0.25) is 0 Å². The highest BCUT2D eigenvalue weighted by Gasteiger charge is 2.24. The minimum Gasteiger partial charge on any atom is -0.464 e. The summed E-state index contributed by atoms with van der Waals surface area (Å²) >= 11 is 0. The van der Waals surface area contributed by atoms with Crippen molar-refractivity contribution in [1.29, 1.82) is 0 Å². The van der Waals surface area contributed by atoms with E-state index in [1.54, 1.807) is 40.8 Å². The number of rotatable bonds is 5. The van der Waals surface area contributed by atoms with Crippen molar-refractivity contribution in [1.82, 2.24) is 9.62 Å². The Labute approximate surface area is 155 Å². The topological polar surface area (TPSA) is 79.6 Å². The first-order valence-electron chi connectivity index (χ1n) is 8.34. The van der Waals surface area contributed by atoms with Gasteiger partial charge in [0, 0.05) is 18.2 Å². The van der Waals surface area contributed by atoms with Gasteiger partial charge in [-0.05, 0) is 64.4 Å². The lowest BCUT2D eigenvalue weighted by Gasteiger charge is -2.21. The third-order valence-electron chi connectivity index (χ3n) is 3.73. The second-order valence-corrected chi connectivity index (χ2v) is 9.19. The van der Waals surface area contributed by atoms with E-state index in [0.717, 1.165) is 5.76 Å². The highest BCUT2D eigenvalue weighted by molar-refractivity contribution is 7.89. The molecule has 0 aliphatic heterocycles. The lowest BCUT2D eigenvalue weighted by atomic mass is 10.1. The van der Waals surface area contributed by atoms with E-state index < -0.39 is 15.6 Å². The number of carbonyl (C=O) groups is 1. The number of aryl methyl sites for hydroxylation is 2. The van der Waals surface area contributed by atoms with Gasteiger partial charge < -0.3 is 9.32 Å². The summed E-state index contributed by atoms with van der Waals surface area (Å²) in [5.41, 5.74) is 0.460. The van der Waals surface area contributed by atoms with Crippen molar-refractivity contribution in [3.8, 4) is 0 Å². The molecule has 7 heteroatoms. The first kappa shape index (κ1) is 20.2. The molecule has 2 rings (SSSR count). The molecule has 2 aromatic rings. The van der Waals surface area contributed by atoms with Crippen LogP contribution in [0.15, 0.2) is 39.6 Å². The Morgan fingerprint density at radius 3 is 2.35 bits per heavy atom. The van der Waals surface area contributed by atoms with Gasteiger partial charge in [0.05, 0.1) is 11.4 Å². The van der Waals surface area contributed by atoms with Gasteiger partial charge in [-0.3, -0.25) is 4.79 Å². The normalized spacial score (nSPS) is 12.2. The third-order valence-corrected chi connectivity index (χ3v) is 5.48. The zero-order valence-corrected chi connectivity index (χ0v) is 16.9. The minimum atomic E-state index is -3.71. The highest BCUT2D eigenvalue weighted by Crippen LogP contribution is 2.20. The first-order valence-corrected chi connectivity index (χ1v) is 9.83. The molecule has 0 radical (unpaired) electrons. The first-order chi connectivity index (χ1) is 11.9. The molecule has 1 aromatic heterocycles. The molecule has 1 aromatic carbocycles. The van der Waals surface area contributed by atoms with Gasteiger partial charge in [0.2, 0.25) is 10.0 Å². The fourth-order valence-electron chi connectivity index (χ4n) is 2.54. The van der Waals surface area contributed by atoms with Crippen LogP contribution in [0.25, 0.3) is 0 Å². The molecule has 0 saturated carbocycles. The maximum Gasteiger partial charge on any atom is 0.254 e. The molecule has 0 aliphatic carbocycles. The van der Waals surface area contributed by atoms with Gasteiger partial charge in [-0.1, -0.05) is 6.07 Å². The van der Waals surface area contributed by atoms with Crippen LogP contribution in [-0.2, 0) is 16.6 Å². The van der Waals surface area contributed by atoms with E-state index in [1.807, 2.05) is 19.1 Å². The van der Waals surface area contributed by atoms with E-state index >= 15 is 0 Å². The van der Waals surface area contributed by atoms with Crippen LogP contribution < -0.4 is 4.72 Å². The van der Waals surface area contributed by atoms with Crippen molar-refractivity contribution >= 4 is 15.9 Å². The maximum absolute atomic E-state index is 12.8. The molecular formula is C19H26N2O4S. The van der Waals surface area contributed by atoms with Crippen LogP contribution in [0.3, 0.4) is 0 Å². The van der Waals surface area contributed by atoms with Gasteiger partial charge in [0.25, 0.3) is 5.91 Å². The zero-order chi connectivity index (χ0) is 19.7. The number of nitrogens with zero attached hydrogens (tertiary/aromatic N) is 1. The molecule has 0 aliphatic rings. The van der Waals surface area contributed by atoms with E-state index in [1.165, 1.54) is 17.0 Å². The van der Waals surface area contributed by atoms with Crippen LogP contribution in [0.1, 0.15) is 48.2 Å². The lowest BCUT2D eigenvalue weighted by molar-refractivity contribution is 0.0774. The molecule has 0 spiro atoms. The van der Waals surface area contributed by atoms with Crippen LogP contribution in [0, 0.1) is 13.8 Å². The molecule has 0 atom stereocenters. The third kappa shape index (κ3) is 4.95. The monoisotopic (exact) mass is 378 g/mol. The Hall–Kier alpha value is -2.12. The van der Waals surface area contributed by atoms with Crippen molar-refractivity contribution in [2.24, 2.45) is 0 Å². The van der Waals surface area contributed by atoms with Gasteiger partial charge in [0.1, 0.15) is 11.5 Å². The number of furan rings is 1. The molecule has 0 saturated heterocycles. The van der Waals surface area contributed by atoms with Gasteiger partial charge in [-0.2, -0.15) is 0 Å². The van der Waals surface area contributed by atoms with Gasteiger partial charge in [-0.25, -0.2) is 13.1 Å². The van der Waals surface area contributed by atoms with Crippen LogP contribution >= 0.6 is 0 Å². The Morgan fingerprint density at radius 1 is 1.15 bits per heavy atom. The Bertz CT molecular complexity index is 908.